The average Bonchev–Trinajstić information content (AvgIpc) is 2.43. The van der Waals surface area contributed by atoms with E-state index in [1.54, 1.807) is 18.2 Å². The zero-order valence-electron chi connectivity index (χ0n) is 11.1. The molecule has 112 valence electrons. The van der Waals surface area contributed by atoms with Gasteiger partial charge in [-0.1, -0.05) is 23.2 Å². The van der Waals surface area contributed by atoms with Gasteiger partial charge >= 0.3 is 0 Å². The molecule has 0 saturated carbocycles. The quantitative estimate of drug-likeness (QED) is 0.873. The highest BCUT2D eigenvalue weighted by Crippen LogP contribution is 2.26. The molecule has 1 aromatic rings. The molecule has 0 spiro atoms. The lowest BCUT2D eigenvalue weighted by Gasteiger charge is -2.30. The highest BCUT2D eigenvalue weighted by molar-refractivity contribution is 6.42. The Morgan fingerprint density at radius 1 is 1.25 bits per heavy atom. The summed E-state index contributed by atoms with van der Waals surface area (Å²) in [7, 11) is 0. The highest BCUT2D eigenvalue weighted by atomic mass is 35.5. The summed E-state index contributed by atoms with van der Waals surface area (Å²) in [6, 6.07) is 5.02. The molecule has 20 heavy (non-hydrogen) atoms. The first kappa shape index (κ1) is 15.9. The van der Waals surface area contributed by atoms with Gasteiger partial charge in [0.1, 0.15) is 18.5 Å². The van der Waals surface area contributed by atoms with Crippen LogP contribution in [0.2, 0.25) is 10.0 Å². The van der Waals surface area contributed by atoms with Gasteiger partial charge in [0.25, 0.3) is 0 Å². The molecule has 0 radical (unpaired) electrons. The standard InChI is InChI=1S/C14H19Cl2NO3/c15-13-2-1-12(7-14(13)16)20-9-11(19)8-17-5-3-10(18)4-6-17/h1-2,7,10-11,18-19H,3-6,8-9H2/t11-/m1/s1. The number of ether oxygens (including phenoxy) is 1. The maximum Gasteiger partial charge on any atom is 0.121 e. The molecule has 2 rings (SSSR count). The number of aliphatic hydroxyl groups excluding tert-OH is 2. The van der Waals surface area contributed by atoms with Crippen LogP contribution in [0.5, 0.6) is 5.75 Å². The van der Waals surface area contributed by atoms with Gasteiger partial charge in [0.05, 0.1) is 16.1 Å². The summed E-state index contributed by atoms with van der Waals surface area (Å²) in [5.41, 5.74) is 0. The van der Waals surface area contributed by atoms with Crippen molar-refractivity contribution in [1.82, 2.24) is 4.90 Å². The van der Waals surface area contributed by atoms with Crippen LogP contribution in [0.15, 0.2) is 18.2 Å². The van der Waals surface area contributed by atoms with Crippen LogP contribution in [0.4, 0.5) is 0 Å². The summed E-state index contributed by atoms with van der Waals surface area (Å²) in [6.07, 6.45) is 0.761. The van der Waals surface area contributed by atoms with E-state index in [2.05, 4.69) is 4.90 Å². The van der Waals surface area contributed by atoms with Gasteiger partial charge in [0.2, 0.25) is 0 Å². The first-order valence-electron chi connectivity index (χ1n) is 6.71. The Kier molecular flexibility index (Phi) is 5.93. The molecule has 0 aromatic heterocycles. The van der Waals surface area contributed by atoms with E-state index < -0.39 is 6.10 Å². The maximum absolute atomic E-state index is 9.96. The summed E-state index contributed by atoms with van der Waals surface area (Å²) >= 11 is 11.7. The number of likely N-dealkylation sites (tertiary alicyclic amines) is 1. The normalized spacial score (nSPS) is 19.0. The fourth-order valence-electron chi connectivity index (χ4n) is 2.21. The largest absolute Gasteiger partial charge is 0.491 e. The van der Waals surface area contributed by atoms with Crippen LogP contribution >= 0.6 is 23.2 Å². The van der Waals surface area contributed by atoms with Crippen LogP contribution in [-0.4, -0.2) is 53.6 Å². The predicted octanol–water partition coefficient (Wildman–Crippen LogP) is 2.19. The molecule has 0 aliphatic carbocycles. The van der Waals surface area contributed by atoms with E-state index in [-0.39, 0.29) is 12.7 Å². The van der Waals surface area contributed by atoms with Crippen molar-refractivity contribution in [3.05, 3.63) is 28.2 Å². The zero-order chi connectivity index (χ0) is 14.5. The molecule has 4 nitrogen and oxygen atoms in total. The zero-order valence-corrected chi connectivity index (χ0v) is 12.6. The van der Waals surface area contributed by atoms with Crippen molar-refractivity contribution in [3.8, 4) is 5.75 Å². The summed E-state index contributed by atoms with van der Waals surface area (Å²) in [4.78, 5) is 2.13. The van der Waals surface area contributed by atoms with Crippen LogP contribution < -0.4 is 4.74 Å². The van der Waals surface area contributed by atoms with Crippen molar-refractivity contribution in [2.45, 2.75) is 25.0 Å². The number of benzene rings is 1. The molecule has 1 aliphatic rings. The molecule has 1 aromatic carbocycles. The van der Waals surface area contributed by atoms with Crippen molar-refractivity contribution >= 4 is 23.2 Å². The van der Waals surface area contributed by atoms with Crippen molar-refractivity contribution in [2.24, 2.45) is 0 Å². The lowest BCUT2D eigenvalue weighted by molar-refractivity contribution is 0.0338. The highest BCUT2D eigenvalue weighted by Gasteiger charge is 2.19. The van der Waals surface area contributed by atoms with Gasteiger partial charge in [-0.3, -0.25) is 0 Å². The maximum atomic E-state index is 9.96. The molecule has 2 N–H and O–H groups in total. The Morgan fingerprint density at radius 2 is 1.95 bits per heavy atom. The van der Waals surface area contributed by atoms with Gasteiger partial charge in [-0.2, -0.15) is 0 Å². The average molecular weight is 320 g/mol. The number of hydrogen-bond acceptors (Lipinski definition) is 4. The Labute approximate surface area is 128 Å². The number of rotatable bonds is 5. The van der Waals surface area contributed by atoms with E-state index in [1.807, 2.05) is 0 Å². The van der Waals surface area contributed by atoms with Crippen molar-refractivity contribution in [1.29, 1.82) is 0 Å². The third-order valence-electron chi connectivity index (χ3n) is 3.36. The van der Waals surface area contributed by atoms with E-state index in [0.717, 1.165) is 25.9 Å². The second-order valence-corrected chi connectivity index (χ2v) is 5.89. The molecule has 6 heteroatoms. The summed E-state index contributed by atoms with van der Waals surface area (Å²) in [5.74, 6) is 0.590. The molecule has 0 unspecified atom stereocenters. The third kappa shape index (κ3) is 4.79. The van der Waals surface area contributed by atoms with Crippen molar-refractivity contribution < 1.29 is 14.9 Å². The van der Waals surface area contributed by atoms with Gasteiger partial charge < -0.3 is 19.8 Å². The first-order chi connectivity index (χ1) is 9.54. The number of hydrogen-bond donors (Lipinski definition) is 2. The lowest BCUT2D eigenvalue weighted by Crippen LogP contribution is -2.41. The molecule has 1 fully saturated rings. The van der Waals surface area contributed by atoms with E-state index >= 15 is 0 Å². The summed E-state index contributed by atoms with van der Waals surface area (Å²) in [6.45, 7) is 2.38. The first-order valence-corrected chi connectivity index (χ1v) is 7.46. The third-order valence-corrected chi connectivity index (χ3v) is 4.10. The Hall–Kier alpha value is -0.520. The van der Waals surface area contributed by atoms with E-state index in [4.69, 9.17) is 27.9 Å². The fraction of sp³-hybridized carbons (Fsp3) is 0.571. The number of nitrogens with zero attached hydrogens (tertiary/aromatic N) is 1. The van der Waals surface area contributed by atoms with Gasteiger partial charge in [-0.25, -0.2) is 0 Å². The molecule has 1 saturated heterocycles. The van der Waals surface area contributed by atoms with Crippen molar-refractivity contribution in [2.75, 3.05) is 26.2 Å². The SMILES string of the molecule is OC1CCN(C[C@@H](O)COc2ccc(Cl)c(Cl)c2)CC1. The van der Waals surface area contributed by atoms with Gasteiger partial charge in [-0.05, 0) is 25.0 Å². The van der Waals surface area contributed by atoms with E-state index in [9.17, 15) is 10.2 Å². The number of β-amino-alcohol motifs (C(OH)–C–C–N with tert-alkyl or cyclic N) is 1. The molecule has 0 amide bonds. The monoisotopic (exact) mass is 319 g/mol. The van der Waals surface area contributed by atoms with Crippen LogP contribution in [0.3, 0.4) is 0 Å². The second kappa shape index (κ2) is 7.48. The van der Waals surface area contributed by atoms with Gasteiger partial charge in [0, 0.05) is 25.7 Å². The van der Waals surface area contributed by atoms with Crippen molar-refractivity contribution in [3.63, 3.8) is 0 Å². The van der Waals surface area contributed by atoms with Crippen LogP contribution in [0, 0.1) is 0 Å². The predicted molar refractivity (Wildman–Crippen MR) is 79.6 cm³/mol. The molecule has 1 atom stereocenters. The number of aliphatic hydroxyl groups is 2. The summed E-state index contributed by atoms with van der Waals surface area (Å²) < 4.78 is 5.50. The summed E-state index contributed by atoms with van der Waals surface area (Å²) in [5, 5.41) is 20.3. The minimum atomic E-state index is -0.570. The minimum absolute atomic E-state index is 0.198. The molecular weight excluding hydrogens is 301 g/mol. The van der Waals surface area contributed by atoms with E-state index in [0.29, 0.717) is 22.3 Å². The van der Waals surface area contributed by atoms with Crippen LogP contribution in [0.25, 0.3) is 0 Å². The lowest BCUT2D eigenvalue weighted by atomic mass is 10.1. The number of piperidine rings is 1. The van der Waals surface area contributed by atoms with E-state index in [1.165, 1.54) is 0 Å². The minimum Gasteiger partial charge on any atom is -0.491 e. The smallest absolute Gasteiger partial charge is 0.121 e. The van der Waals surface area contributed by atoms with Gasteiger partial charge in [0.15, 0.2) is 0 Å². The second-order valence-electron chi connectivity index (χ2n) is 5.07. The fourth-order valence-corrected chi connectivity index (χ4v) is 2.50. The Bertz CT molecular complexity index is 436. The van der Waals surface area contributed by atoms with Crippen LogP contribution in [-0.2, 0) is 0 Å². The molecule has 0 bridgehead atoms. The van der Waals surface area contributed by atoms with Crippen LogP contribution in [0.1, 0.15) is 12.8 Å². The molecule has 1 aliphatic heterocycles. The Balaban J connectivity index is 1.74. The molecule has 1 heterocycles. The van der Waals surface area contributed by atoms with Gasteiger partial charge in [-0.15, -0.1) is 0 Å². The topological polar surface area (TPSA) is 52.9 Å². The Morgan fingerprint density at radius 3 is 2.60 bits per heavy atom. The molecular formula is C14H19Cl2NO3. The number of halogens is 2.